The highest BCUT2D eigenvalue weighted by molar-refractivity contribution is 14.0. The van der Waals surface area contributed by atoms with Crippen molar-refractivity contribution in [2.24, 2.45) is 4.99 Å². The van der Waals surface area contributed by atoms with Crippen LogP contribution in [0.4, 0.5) is 5.95 Å². The summed E-state index contributed by atoms with van der Waals surface area (Å²) in [5.74, 6) is 2.63. The van der Waals surface area contributed by atoms with E-state index in [2.05, 4.69) is 37.6 Å². The third-order valence-corrected chi connectivity index (χ3v) is 5.18. The molecule has 31 heavy (non-hydrogen) atoms. The zero-order valence-corrected chi connectivity index (χ0v) is 19.8. The molecule has 0 unspecified atom stereocenters. The first-order chi connectivity index (χ1) is 14.9. The minimum atomic E-state index is 0. The lowest BCUT2D eigenvalue weighted by molar-refractivity contribution is 0.456. The molecular weight excluding hydrogens is 503 g/mol. The van der Waals surface area contributed by atoms with Gasteiger partial charge in [-0.05, 0) is 36.6 Å². The fourth-order valence-corrected chi connectivity index (χ4v) is 3.54. The third kappa shape index (κ3) is 7.23. The van der Waals surface area contributed by atoms with E-state index in [1.165, 1.54) is 5.56 Å². The van der Waals surface area contributed by atoms with Crippen LogP contribution in [-0.4, -0.2) is 41.6 Å². The number of benzene rings is 1. The quantitative estimate of drug-likeness (QED) is 0.275. The van der Waals surface area contributed by atoms with Gasteiger partial charge in [-0.2, -0.15) is 0 Å². The van der Waals surface area contributed by atoms with Crippen LogP contribution in [0.25, 0.3) is 0 Å². The summed E-state index contributed by atoms with van der Waals surface area (Å²) in [6, 6.07) is 16.5. The molecule has 3 heterocycles. The molecule has 7 nitrogen and oxygen atoms in total. The molecule has 2 N–H and O–H groups in total. The molecule has 1 saturated heterocycles. The second-order valence-corrected chi connectivity index (χ2v) is 7.36. The van der Waals surface area contributed by atoms with Gasteiger partial charge in [0.2, 0.25) is 5.95 Å². The van der Waals surface area contributed by atoms with Gasteiger partial charge in [-0.15, -0.1) is 24.0 Å². The summed E-state index contributed by atoms with van der Waals surface area (Å²) in [6.45, 7) is 3.28. The Balaban J connectivity index is 0.00000272. The van der Waals surface area contributed by atoms with E-state index in [9.17, 15) is 0 Å². The highest BCUT2D eigenvalue weighted by atomic mass is 127. The second-order valence-electron chi connectivity index (χ2n) is 7.36. The number of nitrogens with one attached hydrogen (secondary N) is 2. The number of piperidine rings is 1. The van der Waals surface area contributed by atoms with Crippen molar-refractivity contribution in [1.82, 2.24) is 20.6 Å². The average Bonchev–Trinajstić information content (AvgIpc) is 3.33. The fourth-order valence-electron chi connectivity index (χ4n) is 3.54. The second kappa shape index (κ2) is 12.3. The summed E-state index contributed by atoms with van der Waals surface area (Å²) in [7, 11) is 0. The first kappa shape index (κ1) is 23.1. The predicted octanol–water partition coefficient (Wildman–Crippen LogP) is 3.63. The van der Waals surface area contributed by atoms with Gasteiger partial charge in [0.05, 0.1) is 12.8 Å². The van der Waals surface area contributed by atoms with Gasteiger partial charge in [0.1, 0.15) is 5.76 Å². The lowest BCUT2D eigenvalue weighted by Crippen LogP contribution is -2.49. The molecule has 1 fully saturated rings. The molecule has 0 bridgehead atoms. The minimum absolute atomic E-state index is 0. The molecule has 3 aromatic rings. The summed E-state index contributed by atoms with van der Waals surface area (Å²) >= 11 is 0. The molecule has 0 radical (unpaired) electrons. The van der Waals surface area contributed by atoms with Gasteiger partial charge in [0.15, 0.2) is 5.96 Å². The fraction of sp³-hybridized carbons (Fsp3) is 0.348. The van der Waals surface area contributed by atoms with Gasteiger partial charge >= 0.3 is 0 Å². The van der Waals surface area contributed by atoms with Gasteiger partial charge < -0.3 is 20.0 Å². The van der Waals surface area contributed by atoms with Crippen LogP contribution in [0.5, 0.6) is 0 Å². The zero-order valence-electron chi connectivity index (χ0n) is 17.5. The third-order valence-electron chi connectivity index (χ3n) is 5.18. The Labute approximate surface area is 200 Å². The number of halogens is 1. The number of nitrogens with zero attached hydrogens (tertiary/aromatic N) is 4. The minimum Gasteiger partial charge on any atom is -0.469 e. The summed E-state index contributed by atoms with van der Waals surface area (Å²) in [5, 5.41) is 7.08. The van der Waals surface area contributed by atoms with Crippen molar-refractivity contribution < 1.29 is 4.42 Å². The summed E-state index contributed by atoms with van der Waals surface area (Å²) < 4.78 is 5.43. The van der Waals surface area contributed by atoms with Gasteiger partial charge in [0.25, 0.3) is 0 Å². The van der Waals surface area contributed by atoms with Gasteiger partial charge in [-0.1, -0.05) is 30.3 Å². The van der Waals surface area contributed by atoms with Crippen LogP contribution in [0.2, 0.25) is 0 Å². The molecule has 4 rings (SSSR count). The molecule has 1 aliphatic heterocycles. The van der Waals surface area contributed by atoms with E-state index in [0.29, 0.717) is 12.6 Å². The Morgan fingerprint density at radius 3 is 2.52 bits per heavy atom. The van der Waals surface area contributed by atoms with Crippen molar-refractivity contribution in [1.29, 1.82) is 0 Å². The SMILES string of the molecule is I.c1ccc(CN=C(NCCc2ccco2)NC2CCN(c3ncccn3)CC2)cc1. The summed E-state index contributed by atoms with van der Waals surface area (Å²) in [4.78, 5) is 15.8. The Morgan fingerprint density at radius 2 is 1.81 bits per heavy atom. The summed E-state index contributed by atoms with van der Waals surface area (Å²) in [5.41, 5.74) is 1.20. The first-order valence-electron chi connectivity index (χ1n) is 10.5. The van der Waals surface area contributed by atoms with Crippen LogP contribution in [0.3, 0.4) is 0 Å². The number of hydrogen-bond acceptors (Lipinski definition) is 5. The Hall–Kier alpha value is -2.62. The number of aliphatic imine (C=N–C) groups is 1. The maximum absolute atomic E-state index is 5.43. The van der Waals surface area contributed by atoms with Gasteiger partial charge in [-0.25, -0.2) is 15.0 Å². The van der Waals surface area contributed by atoms with Crippen LogP contribution in [0, 0.1) is 0 Å². The number of guanidine groups is 1. The van der Waals surface area contributed by atoms with E-state index in [0.717, 1.165) is 56.6 Å². The molecule has 0 spiro atoms. The van der Waals surface area contributed by atoms with Crippen LogP contribution in [0.15, 0.2) is 76.6 Å². The number of aromatic nitrogens is 2. The first-order valence-corrected chi connectivity index (χ1v) is 10.5. The molecule has 0 atom stereocenters. The van der Waals surface area contributed by atoms with E-state index in [4.69, 9.17) is 9.41 Å². The number of anilines is 1. The monoisotopic (exact) mass is 532 g/mol. The highest BCUT2D eigenvalue weighted by Crippen LogP contribution is 2.15. The predicted molar refractivity (Wildman–Crippen MR) is 134 cm³/mol. The van der Waals surface area contributed by atoms with E-state index < -0.39 is 0 Å². The molecule has 8 heteroatoms. The molecule has 0 aliphatic carbocycles. The molecule has 0 amide bonds. The average molecular weight is 532 g/mol. The Kier molecular flexibility index (Phi) is 9.14. The van der Waals surface area contributed by atoms with Crippen molar-refractivity contribution in [3.8, 4) is 0 Å². The van der Waals surface area contributed by atoms with Crippen molar-refractivity contribution in [2.45, 2.75) is 31.8 Å². The number of hydrogen-bond donors (Lipinski definition) is 2. The molecular formula is C23H29IN6O. The maximum Gasteiger partial charge on any atom is 0.225 e. The number of rotatable bonds is 7. The topological polar surface area (TPSA) is 78.6 Å². The van der Waals surface area contributed by atoms with Crippen LogP contribution in [0.1, 0.15) is 24.2 Å². The molecule has 164 valence electrons. The Bertz CT molecular complexity index is 896. The number of furan rings is 1. The lowest BCUT2D eigenvalue weighted by Gasteiger charge is -2.33. The molecule has 1 aromatic carbocycles. The van der Waals surface area contributed by atoms with Crippen molar-refractivity contribution in [3.05, 3.63) is 78.5 Å². The van der Waals surface area contributed by atoms with E-state index >= 15 is 0 Å². The molecule has 0 saturated carbocycles. The summed E-state index contributed by atoms with van der Waals surface area (Å²) in [6.07, 6.45) is 8.16. The van der Waals surface area contributed by atoms with Crippen molar-refractivity contribution >= 4 is 35.9 Å². The van der Waals surface area contributed by atoms with Crippen LogP contribution in [-0.2, 0) is 13.0 Å². The highest BCUT2D eigenvalue weighted by Gasteiger charge is 2.21. The van der Waals surface area contributed by atoms with Crippen LogP contribution < -0.4 is 15.5 Å². The van der Waals surface area contributed by atoms with Crippen molar-refractivity contribution in [3.63, 3.8) is 0 Å². The standard InChI is InChI=1S/C23H28N6O.HI/c1-2-6-19(7-3-1)18-27-22(24-14-9-21-8-4-17-30-21)28-20-10-15-29(16-11-20)23-25-12-5-13-26-23;/h1-8,12-13,17,20H,9-11,14-16,18H2,(H2,24,27,28);1H. The maximum atomic E-state index is 5.43. The molecule has 2 aromatic heterocycles. The lowest BCUT2D eigenvalue weighted by atomic mass is 10.1. The van der Waals surface area contributed by atoms with Crippen LogP contribution >= 0.6 is 24.0 Å². The van der Waals surface area contributed by atoms with Gasteiger partial charge in [-0.3, -0.25) is 0 Å². The molecule has 1 aliphatic rings. The van der Waals surface area contributed by atoms with E-state index in [1.807, 2.05) is 36.4 Å². The smallest absolute Gasteiger partial charge is 0.225 e. The largest absolute Gasteiger partial charge is 0.469 e. The Morgan fingerprint density at radius 1 is 1.03 bits per heavy atom. The van der Waals surface area contributed by atoms with Gasteiger partial charge in [0, 0.05) is 44.5 Å². The van der Waals surface area contributed by atoms with E-state index in [-0.39, 0.29) is 24.0 Å². The zero-order chi connectivity index (χ0) is 20.4. The van der Waals surface area contributed by atoms with E-state index in [1.54, 1.807) is 18.7 Å². The normalized spacial score (nSPS) is 14.7. The van der Waals surface area contributed by atoms with Crippen molar-refractivity contribution in [2.75, 3.05) is 24.5 Å².